The van der Waals surface area contributed by atoms with E-state index in [4.69, 9.17) is 14.0 Å². The van der Waals surface area contributed by atoms with E-state index >= 15 is 0 Å². The molecule has 1 saturated heterocycles. The zero-order valence-electron chi connectivity index (χ0n) is 20.4. The molecule has 9 heteroatoms. The molecule has 3 aromatic carbocycles. The summed E-state index contributed by atoms with van der Waals surface area (Å²) in [4.78, 5) is 0. The monoisotopic (exact) mass is 509 g/mol. The first-order valence-corrected chi connectivity index (χ1v) is 12.3. The zero-order valence-corrected chi connectivity index (χ0v) is 20.4. The smallest absolute Gasteiger partial charge is 0.262 e. The normalized spacial score (nSPS) is 23.7. The molecule has 0 amide bonds. The van der Waals surface area contributed by atoms with E-state index in [1.807, 2.05) is 42.5 Å². The summed E-state index contributed by atoms with van der Waals surface area (Å²) in [6.07, 6.45) is -0.384. The molecule has 1 fully saturated rings. The van der Waals surface area contributed by atoms with Crippen molar-refractivity contribution in [1.82, 2.24) is 9.72 Å². The van der Waals surface area contributed by atoms with E-state index in [9.17, 15) is 20.6 Å². The molecule has 190 valence electrons. The second-order valence-corrected chi connectivity index (χ2v) is 10.0. The fourth-order valence-corrected chi connectivity index (χ4v) is 6.20. The van der Waals surface area contributed by atoms with Crippen molar-refractivity contribution >= 4 is 21.7 Å². The molecule has 38 heavy (non-hydrogen) atoms. The van der Waals surface area contributed by atoms with E-state index < -0.39 is 17.3 Å². The third-order valence-corrected chi connectivity index (χ3v) is 7.99. The Labute approximate surface area is 216 Å². The Kier molecular flexibility index (Phi) is 4.62. The fourth-order valence-electron chi connectivity index (χ4n) is 6.20. The minimum Gasteiger partial charge on any atom is -0.494 e. The molecule has 9 nitrogen and oxygen atoms in total. The van der Waals surface area contributed by atoms with Gasteiger partial charge in [0.2, 0.25) is 11.8 Å². The van der Waals surface area contributed by atoms with Gasteiger partial charge < -0.3 is 29.3 Å². The van der Waals surface area contributed by atoms with Crippen LogP contribution >= 0.6 is 0 Å². The summed E-state index contributed by atoms with van der Waals surface area (Å²) >= 11 is 0. The molecule has 2 aliphatic heterocycles. The summed E-state index contributed by atoms with van der Waals surface area (Å²) in [6, 6.07) is 20.3. The van der Waals surface area contributed by atoms with Crippen LogP contribution in [0.1, 0.15) is 36.5 Å². The molecular weight excluding hydrogens is 486 g/mol. The van der Waals surface area contributed by atoms with Crippen LogP contribution in [-0.2, 0) is 15.9 Å². The second-order valence-electron chi connectivity index (χ2n) is 10.0. The van der Waals surface area contributed by atoms with Gasteiger partial charge in [-0.05, 0) is 36.3 Å². The van der Waals surface area contributed by atoms with E-state index in [0.717, 1.165) is 5.39 Å². The lowest BCUT2D eigenvalue weighted by atomic mass is 9.76. The lowest BCUT2D eigenvalue weighted by Crippen LogP contribution is -2.33. The van der Waals surface area contributed by atoms with Crippen LogP contribution in [-0.4, -0.2) is 37.8 Å². The molecule has 0 saturated carbocycles. The highest BCUT2D eigenvalue weighted by Gasteiger charge is 2.66. The van der Waals surface area contributed by atoms with Crippen LogP contribution in [0.5, 0.6) is 17.6 Å². The van der Waals surface area contributed by atoms with Crippen molar-refractivity contribution < 1.29 is 29.3 Å². The highest BCUT2D eigenvalue weighted by molar-refractivity contribution is 5.95. The second kappa shape index (κ2) is 7.74. The van der Waals surface area contributed by atoms with Gasteiger partial charge in [-0.15, -0.1) is 0 Å². The van der Waals surface area contributed by atoms with Gasteiger partial charge in [0.15, 0.2) is 5.58 Å². The van der Waals surface area contributed by atoms with Crippen molar-refractivity contribution in [2.24, 2.45) is 0 Å². The number of para-hydroxylation sites is 1. The maximum atomic E-state index is 11.6. The predicted molar refractivity (Wildman–Crippen MR) is 136 cm³/mol. The number of aliphatic hydroxyl groups is 1. The van der Waals surface area contributed by atoms with E-state index in [1.165, 1.54) is 4.57 Å². The van der Waals surface area contributed by atoms with Crippen molar-refractivity contribution in [2.45, 2.75) is 37.1 Å². The van der Waals surface area contributed by atoms with Crippen LogP contribution in [0.3, 0.4) is 0 Å². The van der Waals surface area contributed by atoms with E-state index in [0.29, 0.717) is 51.0 Å². The average molecular weight is 510 g/mol. The Morgan fingerprint density at radius 1 is 1.03 bits per heavy atom. The Hall–Kier alpha value is -4.52. The van der Waals surface area contributed by atoms with Crippen molar-refractivity contribution in [2.75, 3.05) is 6.61 Å². The number of nitriles is 1. The maximum absolute atomic E-state index is 11.6. The summed E-state index contributed by atoms with van der Waals surface area (Å²) in [5.74, 6) is -0.0287. The third-order valence-electron chi connectivity index (χ3n) is 7.99. The lowest BCUT2D eigenvalue weighted by Gasteiger charge is -2.26. The van der Waals surface area contributed by atoms with Gasteiger partial charge in [0, 0.05) is 23.6 Å². The highest BCUT2D eigenvalue weighted by atomic mass is 16.6. The van der Waals surface area contributed by atoms with Crippen LogP contribution < -0.4 is 4.74 Å². The first-order valence-electron chi connectivity index (χ1n) is 12.3. The molecule has 3 N–H and O–H groups in total. The molecule has 4 heterocycles. The minimum absolute atomic E-state index is 0.171. The molecule has 0 radical (unpaired) electrons. The number of hydrogen-bond acceptors (Lipinski definition) is 8. The van der Waals surface area contributed by atoms with Gasteiger partial charge >= 0.3 is 0 Å². The van der Waals surface area contributed by atoms with Crippen LogP contribution in [0.25, 0.3) is 27.4 Å². The lowest BCUT2D eigenvalue weighted by molar-refractivity contribution is -0.107. The molecule has 2 bridgehead atoms. The van der Waals surface area contributed by atoms with E-state index in [-0.39, 0.29) is 24.8 Å². The van der Waals surface area contributed by atoms with Crippen LogP contribution in [0, 0.1) is 11.3 Å². The SMILES string of the molecule is C[C@]12O[C@](CCOc3noc4ccccc34)(C[C@@H]1O)c1c2c(O)n(-c2ccc(C#N)c3ccccc23)c1O. The number of rotatable bonds is 5. The topological polar surface area (TPSA) is 134 Å². The number of fused-ring (bicyclic) bond motifs is 7. The number of hydrogen-bond donors (Lipinski definition) is 3. The Bertz CT molecular complexity index is 1800. The molecule has 7 rings (SSSR count). The number of aromatic hydroxyl groups is 2. The minimum atomic E-state index is -1.22. The average Bonchev–Trinajstić information content (AvgIpc) is 3.61. The summed E-state index contributed by atoms with van der Waals surface area (Å²) in [5.41, 5.74) is 0.102. The van der Waals surface area contributed by atoms with Crippen LogP contribution in [0.15, 0.2) is 65.2 Å². The Morgan fingerprint density at radius 2 is 1.74 bits per heavy atom. The van der Waals surface area contributed by atoms with Crippen LogP contribution in [0.2, 0.25) is 0 Å². The quantitative estimate of drug-likeness (QED) is 0.310. The van der Waals surface area contributed by atoms with Crippen LogP contribution in [0.4, 0.5) is 0 Å². The first kappa shape index (κ1) is 22.7. The van der Waals surface area contributed by atoms with Gasteiger partial charge in [-0.25, -0.2) is 0 Å². The van der Waals surface area contributed by atoms with Gasteiger partial charge in [0.25, 0.3) is 5.88 Å². The van der Waals surface area contributed by atoms with Gasteiger partial charge in [0.05, 0.1) is 46.5 Å². The van der Waals surface area contributed by atoms with E-state index in [2.05, 4.69) is 11.2 Å². The molecule has 5 aromatic rings. The van der Waals surface area contributed by atoms with Gasteiger partial charge in [-0.1, -0.05) is 36.4 Å². The maximum Gasteiger partial charge on any atom is 0.262 e. The number of ether oxygens (including phenoxy) is 2. The van der Waals surface area contributed by atoms with Crippen molar-refractivity contribution in [1.29, 1.82) is 5.26 Å². The largest absolute Gasteiger partial charge is 0.494 e. The van der Waals surface area contributed by atoms with Crippen molar-refractivity contribution in [3.05, 3.63) is 77.4 Å². The highest BCUT2D eigenvalue weighted by Crippen LogP contribution is 2.65. The molecule has 0 aliphatic carbocycles. The summed E-state index contributed by atoms with van der Waals surface area (Å²) < 4.78 is 19.0. The first-order chi connectivity index (χ1) is 18.4. The molecule has 2 aliphatic rings. The molecule has 0 spiro atoms. The molecule has 2 aromatic heterocycles. The zero-order chi connectivity index (χ0) is 26.2. The van der Waals surface area contributed by atoms with Gasteiger partial charge in [0.1, 0.15) is 11.2 Å². The van der Waals surface area contributed by atoms with Gasteiger partial charge in [-0.2, -0.15) is 5.26 Å². The molecular formula is C29H23N3O6. The third kappa shape index (κ3) is 2.84. The predicted octanol–water partition coefficient (Wildman–Crippen LogP) is 4.73. The summed E-state index contributed by atoms with van der Waals surface area (Å²) in [5, 5.41) is 49.8. The molecule has 3 atom stereocenters. The van der Waals surface area contributed by atoms with Crippen molar-refractivity contribution in [3.8, 4) is 29.4 Å². The van der Waals surface area contributed by atoms with Crippen molar-refractivity contribution in [3.63, 3.8) is 0 Å². The number of aromatic nitrogens is 2. The standard InChI is InChI=1S/C29H23N3O6/c1-28-22(33)14-29(38-28,12-13-36-25-19-8-4-5-9-21(19)37-31-25)24-23(28)26(34)32(27(24)35)20-11-10-16(15-30)17-6-2-3-7-18(17)20/h2-11,22,33-35H,12-14H2,1H3/t22-,28-,29+/m0/s1. The van der Waals surface area contributed by atoms with Gasteiger partial charge in [-0.3, -0.25) is 4.57 Å². The van der Waals surface area contributed by atoms with E-state index in [1.54, 1.807) is 25.1 Å². The number of benzene rings is 3. The summed E-state index contributed by atoms with van der Waals surface area (Å²) in [7, 11) is 0. The Balaban J connectivity index is 1.32. The molecule has 0 unspecified atom stereocenters. The summed E-state index contributed by atoms with van der Waals surface area (Å²) in [6.45, 7) is 1.89. The fraction of sp³-hybridized carbons (Fsp3) is 0.241. The number of nitrogens with zero attached hydrogens (tertiary/aromatic N) is 3. The number of aliphatic hydroxyl groups excluding tert-OH is 1. The Morgan fingerprint density at radius 3 is 2.53 bits per heavy atom.